The van der Waals surface area contributed by atoms with Gasteiger partial charge in [0.1, 0.15) is 0 Å². The zero-order valence-corrected chi connectivity index (χ0v) is 9.49. The molecule has 0 saturated carbocycles. The lowest BCUT2D eigenvalue weighted by Gasteiger charge is -2.11. The van der Waals surface area contributed by atoms with E-state index in [4.69, 9.17) is 10.5 Å². The molecule has 1 rings (SSSR count). The Morgan fingerprint density at radius 3 is 2.53 bits per heavy atom. The molecule has 0 fully saturated rings. The number of hydrogen-bond donors (Lipinski definition) is 2. The summed E-state index contributed by atoms with van der Waals surface area (Å²) in [6, 6.07) is 8.45. The van der Waals surface area contributed by atoms with Crippen molar-refractivity contribution < 1.29 is 4.74 Å². The summed E-state index contributed by atoms with van der Waals surface area (Å²) in [7, 11) is 1.70. The molecule has 1 unspecified atom stereocenters. The lowest BCUT2D eigenvalue weighted by atomic mass is 10.2. The number of rotatable bonds is 6. The molecule has 1 aromatic carbocycles. The maximum absolute atomic E-state index is 5.82. The normalized spacial score (nSPS) is 12.5. The van der Waals surface area contributed by atoms with E-state index in [1.807, 2.05) is 0 Å². The van der Waals surface area contributed by atoms with Crippen molar-refractivity contribution in [3.05, 3.63) is 29.8 Å². The second-order valence-electron chi connectivity index (χ2n) is 3.68. The van der Waals surface area contributed by atoms with E-state index in [1.54, 1.807) is 7.11 Å². The largest absolute Gasteiger partial charge is 0.383 e. The van der Waals surface area contributed by atoms with Crippen molar-refractivity contribution in [2.75, 3.05) is 19.0 Å². The zero-order chi connectivity index (χ0) is 11.1. The van der Waals surface area contributed by atoms with Gasteiger partial charge in [0.2, 0.25) is 0 Å². The maximum Gasteiger partial charge on any atom is 0.0713 e. The van der Waals surface area contributed by atoms with E-state index in [2.05, 4.69) is 36.5 Å². The van der Waals surface area contributed by atoms with Crippen LogP contribution in [0, 0.1) is 0 Å². The van der Waals surface area contributed by atoms with Gasteiger partial charge in [-0.25, -0.2) is 0 Å². The number of benzene rings is 1. The molecule has 3 N–H and O–H groups in total. The molecule has 1 aromatic rings. The molecule has 1 atom stereocenters. The summed E-state index contributed by atoms with van der Waals surface area (Å²) in [6.45, 7) is 3.57. The number of anilines is 1. The first-order valence-corrected chi connectivity index (χ1v) is 5.33. The molecule has 84 valence electrons. The third-order valence-corrected chi connectivity index (χ3v) is 2.36. The van der Waals surface area contributed by atoms with Gasteiger partial charge in [-0.2, -0.15) is 0 Å². The van der Waals surface area contributed by atoms with Crippen molar-refractivity contribution >= 4 is 5.69 Å². The molecule has 3 nitrogen and oxygen atoms in total. The van der Waals surface area contributed by atoms with E-state index in [1.165, 1.54) is 5.56 Å². The Morgan fingerprint density at radius 2 is 2.00 bits per heavy atom. The van der Waals surface area contributed by atoms with Gasteiger partial charge < -0.3 is 15.8 Å². The molecule has 0 aliphatic carbocycles. The molecule has 0 aliphatic rings. The second kappa shape index (κ2) is 6.43. The minimum atomic E-state index is 0.226. The van der Waals surface area contributed by atoms with E-state index < -0.39 is 0 Å². The van der Waals surface area contributed by atoms with E-state index in [0.29, 0.717) is 6.61 Å². The summed E-state index contributed by atoms with van der Waals surface area (Å²) in [5.74, 6) is 0. The molecule has 0 saturated heterocycles. The Morgan fingerprint density at radius 1 is 1.33 bits per heavy atom. The number of nitrogens with one attached hydrogen (secondary N) is 1. The summed E-state index contributed by atoms with van der Waals surface area (Å²) in [5.41, 5.74) is 8.11. The van der Waals surface area contributed by atoms with E-state index in [0.717, 1.165) is 18.7 Å². The van der Waals surface area contributed by atoms with Crippen LogP contribution in [0.15, 0.2) is 24.3 Å². The number of ether oxygens (including phenoxy) is 1. The monoisotopic (exact) mass is 208 g/mol. The highest BCUT2D eigenvalue weighted by molar-refractivity contribution is 5.44. The SMILES string of the molecule is CCC(N)CNc1ccc(COC)cc1. The van der Waals surface area contributed by atoms with Crippen molar-refractivity contribution in [3.63, 3.8) is 0 Å². The maximum atomic E-state index is 5.82. The van der Waals surface area contributed by atoms with Gasteiger partial charge in [0.05, 0.1) is 6.61 Å². The number of hydrogen-bond acceptors (Lipinski definition) is 3. The molecular weight excluding hydrogens is 188 g/mol. The summed E-state index contributed by atoms with van der Waals surface area (Å²) in [4.78, 5) is 0. The molecule has 3 heteroatoms. The fourth-order valence-electron chi connectivity index (χ4n) is 1.28. The Labute approximate surface area is 91.6 Å². The van der Waals surface area contributed by atoms with Gasteiger partial charge in [-0.1, -0.05) is 19.1 Å². The van der Waals surface area contributed by atoms with Crippen LogP contribution in [-0.2, 0) is 11.3 Å². The van der Waals surface area contributed by atoms with E-state index in [-0.39, 0.29) is 6.04 Å². The first-order valence-electron chi connectivity index (χ1n) is 5.33. The summed E-state index contributed by atoms with van der Waals surface area (Å²) in [6.07, 6.45) is 0.995. The predicted molar refractivity (Wildman–Crippen MR) is 63.9 cm³/mol. The van der Waals surface area contributed by atoms with Crippen LogP contribution in [0.25, 0.3) is 0 Å². The van der Waals surface area contributed by atoms with E-state index in [9.17, 15) is 0 Å². The van der Waals surface area contributed by atoms with Crippen LogP contribution < -0.4 is 11.1 Å². The Bertz CT molecular complexity index is 271. The average molecular weight is 208 g/mol. The zero-order valence-electron chi connectivity index (χ0n) is 9.49. The van der Waals surface area contributed by atoms with Gasteiger partial charge >= 0.3 is 0 Å². The molecule has 15 heavy (non-hydrogen) atoms. The smallest absolute Gasteiger partial charge is 0.0713 e. The topological polar surface area (TPSA) is 47.3 Å². The van der Waals surface area contributed by atoms with Crippen LogP contribution in [0.4, 0.5) is 5.69 Å². The highest BCUT2D eigenvalue weighted by Gasteiger charge is 1.98. The van der Waals surface area contributed by atoms with Crippen molar-refractivity contribution in [3.8, 4) is 0 Å². The second-order valence-corrected chi connectivity index (χ2v) is 3.68. The first kappa shape index (κ1) is 12.0. The predicted octanol–water partition coefficient (Wildman–Crippen LogP) is 1.98. The fourth-order valence-corrected chi connectivity index (χ4v) is 1.28. The van der Waals surface area contributed by atoms with Crippen LogP contribution in [0.2, 0.25) is 0 Å². The molecular formula is C12H20N2O. The quantitative estimate of drug-likeness (QED) is 0.751. The highest BCUT2D eigenvalue weighted by Crippen LogP contribution is 2.10. The summed E-state index contributed by atoms with van der Waals surface area (Å²) in [5, 5.41) is 3.30. The third kappa shape index (κ3) is 4.32. The minimum absolute atomic E-state index is 0.226. The van der Waals surface area contributed by atoms with E-state index >= 15 is 0 Å². The van der Waals surface area contributed by atoms with Crippen molar-refractivity contribution in [2.45, 2.75) is 26.0 Å². The lowest BCUT2D eigenvalue weighted by molar-refractivity contribution is 0.185. The van der Waals surface area contributed by atoms with Crippen LogP contribution >= 0.6 is 0 Å². The lowest BCUT2D eigenvalue weighted by Crippen LogP contribution is -2.27. The van der Waals surface area contributed by atoms with Gasteiger partial charge in [-0.3, -0.25) is 0 Å². The van der Waals surface area contributed by atoms with Crippen molar-refractivity contribution in [2.24, 2.45) is 5.73 Å². The van der Waals surface area contributed by atoms with Gasteiger partial charge in [0.15, 0.2) is 0 Å². The van der Waals surface area contributed by atoms with Gasteiger partial charge in [-0.15, -0.1) is 0 Å². The number of methoxy groups -OCH3 is 1. The minimum Gasteiger partial charge on any atom is -0.383 e. The Balaban J connectivity index is 2.42. The molecule has 0 bridgehead atoms. The first-order chi connectivity index (χ1) is 7.26. The number of nitrogens with two attached hydrogens (primary N) is 1. The summed E-state index contributed by atoms with van der Waals surface area (Å²) < 4.78 is 5.04. The summed E-state index contributed by atoms with van der Waals surface area (Å²) >= 11 is 0. The van der Waals surface area contributed by atoms with Gasteiger partial charge in [-0.05, 0) is 24.1 Å². The third-order valence-electron chi connectivity index (χ3n) is 2.36. The van der Waals surface area contributed by atoms with Crippen LogP contribution in [0.5, 0.6) is 0 Å². The van der Waals surface area contributed by atoms with Gasteiger partial charge in [0, 0.05) is 25.4 Å². The Hall–Kier alpha value is -1.06. The van der Waals surface area contributed by atoms with Crippen molar-refractivity contribution in [1.29, 1.82) is 0 Å². The molecule has 0 amide bonds. The average Bonchev–Trinajstić information content (AvgIpc) is 2.28. The van der Waals surface area contributed by atoms with Crippen LogP contribution in [0.3, 0.4) is 0 Å². The van der Waals surface area contributed by atoms with Gasteiger partial charge in [0.25, 0.3) is 0 Å². The fraction of sp³-hybridized carbons (Fsp3) is 0.500. The van der Waals surface area contributed by atoms with Crippen LogP contribution in [-0.4, -0.2) is 19.7 Å². The molecule has 0 spiro atoms. The molecule has 0 aliphatic heterocycles. The highest BCUT2D eigenvalue weighted by atomic mass is 16.5. The van der Waals surface area contributed by atoms with Crippen molar-refractivity contribution in [1.82, 2.24) is 0 Å². The Kier molecular flexibility index (Phi) is 5.15. The van der Waals surface area contributed by atoms with Crippen LogP contribution in [0.1, 0.15) is 18.9 Å². The molecule has 0 radical (unpaired) electrons. The molecule has 0 heterocycles. The standard InChI is InChI=1S/C12H20N2O/c1-3-11(13)8-14-12-6-4-10(5-7-12)9-15-2/h4-7,11,14H,3,8-9,13H2,1-2H3. The molecule has 0 aromatic heterocycles.